The Bertz CT molecular complexity index is 1120. The van der Waals surface area contributed by atoms with Crippen molar-refractivity contribution in [3.05, 3.63) is 70.6 Å². The van der Waals surface area contributed by atoms with Crippen molar-refractivity contribution in [2.75, 3.05) is 6.61 Å². The molecule has 5 nitrogen and oxygen atoms in total. The highest BCUT2D eigenvalue weighted by atomic mass is 16.5. The number of aryl methyl sites for hydroxylation is 3. The molecule has 0 saturated carbocycles. The van der Waals surface area contributed by atoms with Gasteiger partial charge in [-0.05, 0) is 75.4 Å². The van der Waals surface area contributed by atoms with Crippen molar-refractivity contribution >= 4 is 5.97 Å². The van der Waals surface area contributed by atoms with Crippen LogP contribution >= 0.6 is 0 Å². The molecule has 0 bridgehead atoms. The van der Waals surface area contributed by atoms with Crippen LogP contribution in [-0.2, 0) is 17.6 Å². The van der Waals surface area contributed by atoms with Gasteiger partial charge in [-0.3, -0.25) is 4.79 Å². The van der Waals surface area contributed by atoms with E-state index in [2.05, 4.69) is 36.2 Å². The summed E-state index contributed by atoms with van der Waals surface area (Å²) >= 11 is 0. The molecule has 0 saturated heterocycles. The lowest BCUT2D eigenvalue weighted by Crippen LogP contribution is -2.32. The van der Waals surface area contributed by atoms with Crippen LogP contribution in [0.25, 0.3) is 11.5 Å². The van der Waals surface area contributed by atoms with Crippen LogP contribution in [0.3, 0.4) is 0 Å². The third-order valence-corrected chi connectivity index (χ3v) is 6.98. The zero-order chi connectivity index (χ0) is 22.9. The second-order valence-electron chi connectivity index (χ2n) is 9.01. The molecule has 0 radical (unpaired) electrons. The molecule has 5 heteroatoms. The lowest BCUT2D eigenvalue weighted by atomic mass is 9.72. The van der Waals surface area contributed by atoms with E-state index in [4.69, 9.17) is 9.15 Å². The van der Waals surface area contributed by atoms with Gasteiger partial charge in [0.2, 0.25) is 5.89 Å². The van der Waals surface area contributed by atoms with Gasteiger partial charge in [0.25, 0.3) is 0 Å². The monoisotopic (exact) mass is 433 g/mol. The Morgan fingerprint density at radius 2 is 1.97 bits per heavy atom. The molecule has 1 heterocycles. The van der Waals surface area contributed by atoms with Crippen LogP contribution < -0.4 is 4.74 Å². The molecule has 0 amide bonds. The van der Waals surface area contributed by atoms with E-state index in [0.29, 0.717) is 25.3 Å². The van der Waals surface area contributed by atoms with Crippen LogP contribution in [-0.4, -0.2) is 22.7 Å². The molecule has 0 unspecified atom stereocenters. The molecular formula is C27H31NO4. The number of aliphatic carboxylic acids is 1. The number of ether oxygens (including phenoxy) is 1. The highest BCUT2D eigenvalue weighted by molar-refractivity contribution is 5.76. The van der Waals surface area contributed by atoms with Gasteiger partial charge in [0.15, 0.2) is 0 Å². The summed E-state index contributed by atoms with van der Waals surface area (Å²) in [5.41, 5.74) is 4.70. The topological polar surface area (TPSA) is 72.6 Å². The summed E-state index contributed by atoms with van der Waals surface area (Å²) in [5, 5.41) is 9.77. The van der Waals surface area contributed by atoms with Gasteiger partial charge in [0, 0.05) is 17.9 Å². The third-order valence-electron chi connectivity index (χ3n) is 6.98. The minimum Gasteiger partial charge on any atom is -0.493 e. The molecule has 1 aromatic heterocycles. The number of aromatic nitrogens is 1. The lowest BCUT2D eigenvalue weighted by molar-refractivity contribution is -0.149. The first-order valence-corrected chi connectivity index (χ1v) is 11.3. The summed E-state index contributed by atoms with van der Waals surface area (Å²) < 4.78 is 11.9. The summed E-state index contributed by atoms with van der Waals surface area (Å²) in [7, 11) is 0. The predicted molar refractivity (Wildman–Crippen MR) is 124 cm³/mol. The van der Waals surface area contributed by atoms with E-state index >= 15 is 0 Å². The van der Waals surface area contributed by atoms with Gasteiger partial charge >= 0.3 is 5.97 Å². The largest absolute Gasteiger partial charge is 0.493 e. The Hall–Kier alpha value is -3.08. The maximum Gasteiger partial charge on any atom is 0.309 e. The van der Waals surface area contributed by atoms with E-state index < -0.39 is 11.4 Å². The molecule has 0 aliphatic heterocycles. The fourth-order valence-corrected chi connectivity index (χ4v) is 4.64. The van der Waals surface area contributed by atoms with Gasteiger partial charge in [0.05, 0.1) is 17.7 Å². The Labute approximate surface area is 189 Å². The fraction of sp³-hybridized carbons (Fsp3) is 0.407. The van der Waals surface area contributed by atoms with Crippen LogP contribution in [0.2, 0.25) is 0 Å². The number of fused-ring (bicyclic) bond motifs is 1. The van der Waals surface area contributed by atoms with Gasteiger partial charge in [-0.15, -0.1) is 0 Å². The van der Waals surface area contributed by atoms with Crippen molar-refractivity contribution in [3.63, 3.8) is 0 Å². The minimum atomic E-state index is -0.729. The van der Waals surface area contributed by atoms with Crippen molar-refractivity contribution in [3.8, 4) is 17.2 Å². The van der Waals surface area contributed by atoms with Crippen LogP contribution in [0.5, 0.6) is 5.75 Å². The van der Waals surface area contributed by atoms with Gasteiger partial charge in [-0.2, -0.15) is 0 Å². The number of rotatable bonds is 8. The van der Waals surface area contributed by atoms with Gasteiger partial charge in [-0.1, -0.05) is 30.7 Å². The number of hydrogen-bond acceptors (Lipinski definition) is 4. The summed E-state index contributed by atoms with van der Waals surface area (Å²) in [5.74, 6) is 1.60. The van der Waals surface area contributed by atoms with Gasteiger partial charge in [-0.25, -0.2) is 4.98 Å². The number of nitrogens with zero attached hydrogens (tertiary/aromatic N) is 1. The number of benzene rings is 2. The predicted octanol–water partition coefficient (Wildman–Crippen LogP) is 6.11. The molecule has 1 aliphatic rings. The Morgan fingerprint density at radius 3 is 2.66 bits per heavy atom. The van der Waals surface area contributed by atoms with Gasteiger partial charge in [0.1, 0.15) is 11.5 Å². The first kappa shape index (κ1) is 22.1. The van der Waals surface area contributed by atoms with Crippen molar-refractivity contribution < 1.29 is 19.1 Å². The van der Waals surface area contributed by atoms with Crippen molar-refractivity contribution in [2.45, 2.75) is 59.3 Å². The highest BCUT2D eigenvalue weighted by Crippen LogP contribution is 2.48. The zero-order valence-corrected chi connectivity index (χ0v) is 19.3. The SMILES string of the molecule is CC[C@](C)(C(=O)O)[C@H]1CCc2cc(OCCc3nc(-c4ccc(C)cc4)oc3C)ccc21. The van der Waals surface area contributed by atoms with Crippen molar-refractivity contribution in [1.29, 1.82) is 0 Å². The number of carbonyl (C=O) groups is 1. The molecule has 1 aliphatic carbocycles. The van der Waals surface area contributed by atoms with E-state index in [9.17, 15) is 9.90 Å². The first-order valence-electron chi connectivity index (χ1n) is 11.3. The second kappa shape index (κ2) is 8.81. The fourth-order valence-electron chi connectivity index (χ4n) is 4.64. The first-order chi connectivity index (χ1) is 15.3. The summed E-state index contributed by atoms with van der Waals surface area (Å²) in [6, 6.07) is 14.2. The number of oxazole rings is 1. The van der Waals surface area contributed by atoms with E-state index in [1.54, 1.807) is 0 Å². The average molecular weight is 434 g/mol. The minimum absolute atomic E-state index is 0.0482. The van der Waals surface area contributed by atoms with Crippen molar-refractivity contribution in [2.24, 2.45) is 5.41 Å². The molecular weight excluding hydrogens is 402 g/mol. The molecule has 4 rings (SSSR count). The molecule has 168 valence electrons. The Balaban J connectivity index is 1.41. The summed E-state index contributed by atoms with van der Waals surface area (Å²) in [6.07, 6.45) is 3.04. The van der Waals surface area contributed by atoms with Gasteiger partial charge < -0.3 is 14.3 Å². The average Bonchev–Trinajstić information content (AvgIpc) is 3.37. The second-order valence-corrected chi connectivity index (χ2v) is 9.01. The normalized spacial score (nSPS) is 17.1. The third kappa shape index (κ3) is 4.16. The standard InChI is InChI=1S/C27H31NO4/c1-5-27(4,26(29)30)23-13-10-20-16-21(11-12-22(20)23)31-15-14-24-18(3)32-25(28-24)19-8-6-17(2)7-9-19/h6-9,11-12,16,23H,5,10,13-15H2,1-4H3,(H,29,30)/t23-,27-/m0/s1. The summed E-state index contributed by atoms with van der Waals surface area (Å²) in [6.45, 7) is 8.32. The Kier molecular flexibility index (Phi) is 6.09. The molecule has 32 heavy (non-hydrogen) atoms. The highest BCUT2D eigenvalue weighted by Gasteiger charge is 2.43. The van der Waals surface area contributed by atoms with E-state index in [0.717, 1.165) is 41.2 Å². The maximum absolute atomic E-state index is 11.9. The van der Waals surface area contributed by atoms with Crippen LogP contribution in [0, 0.1) is 19.3 Å². The Morgan fingerprint density at radius 1 is 1.22 bits per heavy atom. The van der Waals surface area contributed by atoms with Crippen LogP contribution in [0.15, 0.2) is 46.9 Å². The van der Waals surface area contributed by atoms with Crippen LogP contribution in [0.4, 0.5) is 0 Å². The molecule has 0 spiro atoms. The van der Waals surface area contributed by atoms with Crippen LogP contribution in [0.1, 0.15) is 60.8 Å². The molecule has 2 atom stereocenters. The summed E-state index contributed by atoms with van der Waals surface area (Å²) in [4.78, 5) is 16.5. The maximum atomic E-state index is 11.9. The number of hydrogen-bond donors (Lipinski definition) is 1. The number of carboxylic acid groups (broad SMARTS) is 1. The molecule has 0 fully saturated rings. The zero-order valence-electron chi connectivity index (χ0n) is 19.3. The smallest absolute Gasteiger partial charge is 0.309 e. The van der Waals surface area contributed by atoms with E-state index in [1.807, 2.05) is 39.0 Å². The molecule has 1 N–H and O–H groups in total. The number of carboxylic acids is 1. The van der Waals surface area contributed by atoms with Crippen molar-refractivity contribution in [1.82, 2.24) is 4.98 Å². The van der Waals surface area contributed by atoms with E-state index in [-0.39, 0.29) is 5.92 Å². The molecule has 2 aromatic carbocycles. The van der Waals surface area contributed by atoms with E-state index in [1.165, 1.54) is 11.1 Å². The lowest BCUT2D eigenvalue weighted by Gasteiger charge is -2.31. The molecule has 3 aromatic rings. The quantitative estimate of drug-likeness (QED) is 0.464.